The Balaban J connectivity index is 2.76. The minimum Gasteiger partial charge on any atom is -0.388 e. The van der Waals surface area contributed by atoms with Crippen molar-refractivity contribution in [3.05, 3.63) is 32.7 Å². The number of benzene rings is 1. The molecular formula is C13H18Br2O. The molecule has 0 bridgehead atoms. The third-order valence-corrected chi connectivity index (χ3v) is 4.21. The number of aliphatic hydroxyl groups excluding tert-OH is 1. The second-order valence-electron chi connectivity index (χ2n) is 4.10. The van der Waals surface area contributed by atoms with E-state index in [9.17, 15) is 5.11 Å². The molecule has 0 spiro atoms. The largest absolute Gasteiger partial charge is 0.388 e. The Kier molecular flexibility index (Phi) is 6.01. The van der Waals surface area contributed by atoms with Crippen molar-refractivity contribution in [3.63, 3.8) is 0 Å². The van der Waals surface area contributed by atoms with Crippen molar-refractivity contribution in [2.24, 2.45) is 5.92 Å². The standard InChI is InChI=1S/C13H18Br2O/c1-3-9(4-2)7-13(16)11-6-5-10(14)8-12(11)15/h5-6,8-9,13,16H,3-4,7H2,1-2H3. The van der Waals surface area contributed by atoms with Gasteiger partial charge in [-0.15, -0.1) is 0 Å². The summed E-state index contributed by atoms with van der Waals surface area (Å²) in [6.07, 6.45) is 2.73. The molecule has 16 heavy (non-hydrogen) atoms. The summed E-state index contributed by atoms with van der Waals surface area (Å²) in [7, 11) is 0. The van der Waals surface area contributed by atoms with Gasteiger partial charge in [0.25, 0.3) is 0 Å². The van der Waals surface area contributed by atoms with Crippen molar-refractivity contribution in [2.45, 2.75) is 39.2 Å². The lowest BCUT2D eigenvalue weighted by molar-refractivity contribution is 0.140. The first-order valence-electron chi connectivity index (χ1n) is 5.71. The fraction of sp³-hybridized carbons (Fsp3) is 0.538. The number of halogens is 2. The molecule has 0 aliphatic rings. The second kappa shape index (κ2) is 6.77. The molecule has 0 aliphatic heterocycles. The lowest BCUT2D eigenvalue weighted by Crippen LogP contribution is -2.06. The van der Waals surface area contributed by atoms with Crippen LogP contribution in [0.5, 0.6) is 0 Å². The maximum Gasteiger partial charge on any atom is 0.0803 e. The summed E-state index contributed by atoms with van der Waals surface area (Å²) in [5.41, 5.74) is 0.982. The highest BCUT2D eigenvalue weighted by atomic mass is 79.9. The van der Waals surface area contributed by atoms with Gasteiger partial charge in [-0.1, -0.05) is 64.6 Å². The van der Waals surface area contributed by atoms with E-state index in [1.165, 1.54) is 0 Å². The average Bonchev–Trinajstić information content (AvgIpc) is 2.25. The van der Waals surface area contributed by atoms with E-state index in [1.54, 1.807) is 0 Å². The van der Waals surface area contributed by atoms with Crippen LogP contribution in [0.1, 0.15) is 44.8 Å². The zero-order chi connectivity index (χ0) is 12.1. The van der Waals surface area contributed by atoms with Gasteiger partial charge in [-0.3, -0.25) is 0 Å². The monoisotopic (exact) mass is 348 g/mol. The van der Waals surface area contributed by atoms with Gasteiger partial charge < -0.3 is 5.11 Å². The topological polar surface area (TPSA) is 20.2 Å². The number of hydrogen-bond donors (Lipinski definition) is 1. The summed E-state index contributed by atoms with van der Waals surface area (Å²) < 4.78 is 2.00. The van der Waals surface area contributed by atoms with Gasteiger partial charge in [-0.2, -0.15) is 0 Å². The predicted octanol–water partition coefficient (Wildman–Crippen LogP) is 5.07. The normalized spacial score (nSPS) is 13.1. The number of hydrogen-bond acceptors (Lipinski definition) is 1. The Labute approximate surface area is 115 Å². The molecule has 0 radical (unpaired) electrons. The van der Waals surface area contributed by atoms with Crippen LogP contribution in [-0.2, 0) is 0 Å². The molecule has 0 heterocycles. The van der Waals surface area contributed by atoms with Crippen LogP contribution in [0.3, 0.4) is 0 Å². The molecule has 0 fully saturated rings. The highest BCUT2D eigenvalue weighted by Gasteiger charge is 2.15. The van der Waals surface area contributed by atoms with Gasteiger partial charge in [0.15, 0.2) is 0 Å². The molecule has 0 amide bonds. The molecule has 0 aromatic heterocycles. The van der Waals surface area contributed by atoms with Crippen molar-refractivity contribution in [3.8, 4) is 0 Å². The van der Waals surface area contributed by atoms with Crippen LogP contribution in [0, 0.1) is 5.92 Å². The Morgan fingerprint density at radius 1 is 1.19 bits per heavy atom. The van der Waals surface area contributed by atoms with Gasteiger partial charge in [0.05, 0.1) is 6.10 Å². The van der Waals surface area contributed by atoms with Crippen LogP contribution < -0.4 is 0 Å². The van der Waals surface area contributed by atoms with E-state index in [-0.39, 0.29) is 6.10 Å². The van der Waals surface area contributed by atoms with Gasteiger partial charge >= 0.3 is 0 Å². The van der Waals surface area contributed by atoms with E-state index in [1.807, 2.05) is 18.2 Å². The molecule has 90 valence electrons. The molecule has 0 aliphatic carbocycles. The Morgan fingerprint density at radius 2 is 1.81 bits per heavy atom. The molecule has 1 rings (SSSR count). The zero-order valence-corrected chi connectivity index (χ0v) is 12.9. The van der Waals surface area contributed by atoms with E-state index in [0.717, 1.165) is 33.8 Å². The molecule has 3 heteroatoms. The van der Waals surface area contributed by atoms with E-state index < -0.39 is 0 Å². The highest BCUT2D eigenvalue weighted by Crippen LogP contribution is 2.31. The van der Waals surface area contributed by atoms with Crippen molar-refractivity contribution in [1.29, 1.82) is 0 Å². The van der Waals surface area contributed by atoms with Crippen LogP contribution in [0.15, 0.2) is 27.1 Å². The molecule has 1 aromatic rings. The van der Waals surface area contributed by atoms with Crippen LogP contribution in [0.2, 0.25) is 0 Å². The van der Waals surface area contributed by atoms with E-state index in [0.29, 0.717) is 5.92 Å². The predicted molar refractivity (Wildman–Crippen MR) is 75.5 cm³/mol. The summed E-state index contributed by atoms with van der Waals surface area (Å²) in [6, 6.07) is 5.92. The summed E-state index contributed by atoms with van der Waals surface area (Å²) in [5, 5.41) is 10.2. The van der Waals surface area contributed by atoms with Gasteiger partial charge in [0.2, 0.25) is 0 Å². The van der Waals surface area contributed by atoms with Crippen LogP contribution in [0.25, 0.3) is 0 Å². The minimum absolute atomic E-state index is 0.368. The maximum atomic E-state index is 10.2. The maximum absolute atomic E-state index is 10.2. The van der Waals surface area contributed by atoms with E-state index >= 15 is 0 Å². The van der Waals surface area contributed by atoms with Crippen LogP contribution in [0.4, 0.5) is 0 Å². The first-order valence-corrected chi connectivity index (χ1v) is 7.30. The summed E-state index contributed by atoms with van der Waals surface area (Å²) in [5.74, 6) is 0.602. The highest BCUT2D eigenvalue weighted by molar-refractivity contribution is 9.11. The first-order chi connectivity index (χ1) is 7.58. The fourth-order valence-electron chi connectivity index (χ4n) is 1.84. The molecule has 1 nitrogen and oxygen atoms in total. The SMILES string of the molecule is CCC(CC)CC(O)c1ccc(Br)cc1Br. The van der Waals surface area contributed by atoms with Gasteiger partial charge in [-0.05, 0) is 30.0 Å². The average molecular weight is 350 g/mol. The third kappa shape index (κ3) is 3.86. The quantitative estimate of drug-likeness (QED) is 0.786. The molecule has 0 saturated heterocycles. The number of rotatable bonds is 5. The van der Waals surface area contributed by atoms with Crippen LogP contribution >= 0.6 is 31.9 Å². The Hall–Kier alpha value is 0.140. The van der Waals surface area contributed by atoms with E-state index in [4.69, 9.17) is 0 Å². The molecule has 1 atom stereocenters. The van der Waals surface area contributed by atoms with Crippen molar-refractivity contribution in [1.82, 2.24) is 0 Å². The summed E-state index contributed by atoms with van der Waals surface area (Å²) in [6.45, 7) is 4.36. The second-order valence-corrected chi connectivity index (χ2v) is 5.87. The van der Waals surface area contributed by atoms with Gasteiger partial charge in [-0.25, -0.2) is 0 Å². The lowest BCUT2D eigenvalue weighted by atomic mass is 9.93. The molecule has 1 unspecified atom stereocenters. The van der Waals surface area contributed by atoms with E-state index in [2.05, 4.69) is 45.7 Å². The zero-order valence-electron chi connectivity index (χ0n) is 9.71. The fourth-order valence-corrected chi connectivity index (χ4v) is 3.15. The molecule has 1 aromatic carbocycles. The lowest BCUT2D eigenvalue weighted by Gasteiger charge is -2.18. The summed E-state index contributed by atoms with van der Waals surface area (Å²) in [4.78, 5) is 0. The van der Waals surface area contributed by atoms with Crippen molar-refractivity contribution < 1.29 is 5.11 Å². The summed E-state index contributed by atoms with van der Waals surface area (Å²) >= 11 is 6.90. The Morgan fingerprint density at radius 3 is 2.31 bits per heavy atom. The van der Waals surface area contributed by atoms with Crippen molar-refractivity contribution >= 4 is 31.9 Å². The minimum atomic E-state index is -0.368. The molecule has 1 N–H and O–H groups in total. The Bertz CT molecular complexity index is 335. The molecular weight excluding hydrogens is 332 g/mol. The van der Waals surface area contributed by atoms with Crippen molar-refractivity contribution in [2.75, 3.05) is 0 Å². The smallest absolute Gasteiger partial charge is 0.0803 e. The van der Waals surface area contributed by atoms with Gasteiger partial charge in [0.1, 0.15) is 0 Å². The van der Waals surface area contributed by atoms with Crippen LogP contribution in [-0.4, -0.2) is 5.11 Å². The third-order valence-electron chi connectivity index (χ3n) is 3.03. The molecule has 0 saturated carbocycles. The van der Waals surface area contributed by atoms with Gasteiger partial charge in [0, 0.05) is 8.95 Å². The number of aliphatic hydroxyl groups is 1. The first kappa shape index (κ1) is 14.2.